The second kappa shape index (κ2) is 11.3. The molecule has 11 heteroatoms. The van der Waals surface area contributed by atoms with Crippen LogP contribution in [0.4, 0.5) is 0 Å². The van der Waals surface area contributed by atoms with Crippen molar-refractivity contribution in [3.05, 3.63) is 53.1 Å². The molecule has 4 heterocycles. The molecule has 256 valence electrons. The Morgan fingerprint density at radius 3 is 2.38 bits per heavy atom. The fourth-order valence-electron chi connectivity index (χ4n) is 9.50. The maximum Gasteiger partial charge on any atom is 0.304 e. The number of carbonyl (C=O) groups is 2. The highest BCUT2D eigenvalue weighted by atomic mass is 32.2. The Balaban J connectivity index is 1.34. The number of methoxy groups -OCH3 is 1. The van der Waals surface area contributed by atoms with E-state index in [0.29, 0.717) is 12.3 Å². The van der Waals surface area contributed by atoms with E-state index in [1.165, 1.54) is 19.0 Å². The van der Waals surface area contributed by atoms with Crippen LogP contribution in [-0.4, -0.2) is 91.3 Å². The van der Waals surface area contributed by atoms with E-state index < -0.39 is 21.7 Å². The molecule has 2 bridgehead atoms. The normalized spacial score (nSPS) is 26.8. The third-order valence-corrected chi connectivity index (χ3v) is 13.7. The molecule has 2 saturated heterocycles. The van der Waals surface area contributed by atoms with Crippen molar-refractivity contribution in [1.82, 2.24) is 23.4 Å². The lowest BCUT2D eigenvalue weighted by Gasteiger charge is -2.43. The van der Waals surface area contributed by atoms with Crippen LogP contribution in [-0.2, 0) is 20.5 Å². The van der Waals surface area contributed by atoms with Crippen LogP contribution in [0.3, 0.4) is 0 Å². The second-order valence-electron chi connectivity index (χ2n) is 15.2. The number of aromatic nitrogens is 1. The second-order valence-corrected chi connectivity index (χ2v) is 16.9. The van der Waals surface area contributed by atoms with Gasteiger partial charge < -0.3 is 19.1 Å². The molecule has 2 aromatic carbocycles. The number of nitrogens with zero attached hydrogens (tertiary/aromatic N) is 4. The lowest BCUT2D eigenvalue weighted by molar-refractivity contribution is -0.142. The number of amides is 2. The highest BCUT2D eigenvalue weighted by molar-refractivity contribution is 7.87. The zero-order chi connectivity index (χ0) is 33.7. The quantitative estimate of drug-likeness (QED) is 0.371. The summed E-state index contributed by atoms with van der Waals surface area (Å²) in [4.78, 5) is 33.5. The van der Waals surface area contributed by atoms with Crippen LogP contribution in [0.2, 0.25) is 0 Å². The minimum Gasteiger partial charge on any atom is -0.497 e. The Bertz CT molecular complexity index is 1920. The van der Waals surface area contributed by atoms with Crippen molar-refractivity contribution >= 4 is 32.9 Å². The molecule has 3 aromatic rings. The third-order valence-electron chi connectivity index (χ3n) is 12.1. The molecule has 4 unspecified atom stereocenters. The number of hydrogen-bond acceptors (Lipinski definition) is 6. The average Bonchev–Trinajstić information content (AvgIpc) is 3.66. The zero-order valence-corrected chi connectivity index (χ0v) is 29.5. The van der Waals surface area contributed by atoms with Gasteiger partial charge in [-0.1, -0.05) is 25.3 Å². The van der Waals surface area contributed by atoms with E-state index in [1.807, 2.05) is 18.2 Å². The number of fused-ring (bicyclic) bond motifs is 10. The first kappa shape index (κ1) is 31.8. The van der Waals surface area contributed by atoms with Gasteiger partial charge in [0.25, 0.3) is 5.91 Å². The molecule has 10 nitrogen and oxygen atoms in total. The molecule has 2 aliphatic carbocycles. The van der Waals surface area contributed by atoms with Gasteiger partial charge in [-0.3, -0.25) is 9.59 Å². The molecule has 0 spiro atoms. The maximum atomic E-state index is 15.3. The fourth-order valence-corrected chi connectivity index (χ4v) is 10.6. The van der Waals surface area contributed by atoms with E-state index in [1.54, 1.807) is 27.0 Å². The Morgan fingerprint density at radius 1 is 1.00 bits per heavy atom. The van der Waals surface area contributed by atoms with E-state index in [-0.39, 0.29) is 35.5 Å². The molecule has 2 saturated carbocycles. The van der Waals surface area contributed by atoms with Crippen LogP contribution in [0.1, 0.15) is 98.5 Å². The molecule has 1 N–H and O–H groups in total. The van der Waals surface area contributed by atoms with Crippen LogP contribution < -0.4 is 9.46 Å². The van der Waals surface area contributed by atoms with E-state index in [2.05, 4.69) is 38.3 Å². The van der Waals surface area contributed by atoms with Crippen molar-refractivity contribution in [2.24, 2.45) is 0 Å². The topological polar surface area (TPSA) is 104 Å². The summed E-state index contributed by atoms with van der Waals surface area (Å²) in [6, 6.07) is 11.9. The first-order valence-electron chi connectivity index (χ1n) is 17.6. The molecule has 2 amide bonds. The van der Waals surface area contributed by atoms with Crippen molar-refractivity contribution in [1.29, 1.82) is 0 Å². The lowest BCUT2D eigenvalue weighted by Crippen LogP contribution is -2.58. The highest BCUT2D eigenvalue weighted by Crippen LogP contribution is 2.67. The van der Waals surface area contributed by atoms with E-state index in [4.69, 9.17) is 4.74 Å². The van der Waals surface area contributed by atoms with Crippen molar-refractivity contribution < 1.29 is 22.7 Å². The molecule has 4 fully saturated rings. The van der Waals surface area contributed by atoms with E-state index in [0.717, 1.165) is 89.4 Å². The van der Waals surface area contributed by atoms with Crippen molar-refractivity contribution in [2.75, 3.05) is 34.3 Å². The molecule has 8 rings (SSSR count). The zero-order valence-electron chi connectivity index (χ0n) is 28.7. The van der Waals surface area contributed by atoms with Gasteiger partial charge in [-0.15, -0.1) is 0 Å². The van der Waals surface area contributed by atoms with E-state index >= 15 is 4.79 Å². The average molecular weight is 674 g/mol. The van der Waals surface area contributed by atoms with Crippen LogP contribution in [0, 0.1) is 0 Å². The first-order valence-corrected chi connectivity index (χ1v) is 19.1. The van der Waals surface area contributed by atoms with Crippen molar-refractivity contribution in [3.63, 3.8) is 0 Å². The standard InChI is InChI=1S/C37H47N5O5S/c1-22(2)40(4)48(45,46)38-35(43)24-11-15-29-32(17-24)42-34(33(29)23-9-7-6-8-10-23)28-16-14-27(47-5)18-30(28)31-19-37(31,42)36(44)41-25-12-13-26(41)21-39(3)20-25/h11,14-18,22-23,25-26,31H,6-10,12-13,19-21H2,1-5H3,(H,38,43). The number of nitrogens with one attached hydrogen (secondary N) is 1. The smallest absolute Gasteiger partial charge is 0.304 e. The number of benzene rings is 2. The molecular formula is C37H47N5O5S. The number of rotatable bonds is 7. The number of likely N-dealkylation sites (tertiary alicyclic amines) is 1. The monoisotopic (exact) mass is 673 g/mol. The summed E-state index contributed by atoms with van der Waals surface area (Å²) >= 11 is 0. The van der Waals surface area contributed by atoms with Crippen LogP contribution in [0.25, 0.3) is 22.2 Å². The van der Waals surface area contributed by atoms with Gasteiger partial charge >= 0.3 is 10.2 Å². The van der Waals surface area contributed by atoms with Gasteiger partial charge in [-0.05, 0) is 100 Å². The molecule has 3 aliphatic heterocycles. The van der Waals surface area contributed by atoms with Gasteiger partial charge in [0.15, 0.2) is 0 Å². The number of piperazine rings is 1. The van der Waals surface area contributed by atoms with Gasteiger partial charge in [0.2, 0.25) is 5.91 Å². The molecule has 4 atom stereocenters. The predicted molar refractivity (Wildman–Crippen MR) is 186 cm³/mol. The van der Waals surface area contributed by atoms with Crippen molar-refractivity contribution in [2.45, 2.75) is 101 Å². The summed E-state index contributed by atoms with van der Waals surface area (Å²) < 4.78 is 37.5. The van der Waals surface area contributed by atoms with Gasteiger partial charge in [0.1, 0.15) is 11.3 Å². The first-order chi connectivity index (χ1) is 23.0. The van der Waals surface area contributed by atoms with Gasteiger partial charge in [-0.25, -0.2) is 4.72 Å². The summed E-state index contributed by atoms with van der Waals surface area (Å²) in [6.45, 7) is 5.28. The minimum absolute atomic E-state index is 0.0194. The summed E-state index contributed by atoms with van der Waals surface area (Å²) in [6.07, 6.45) is 8.40. The third kappa shape index (κ3) is 4.67. The summed E-state index contributed by atoms with van der Waals surface area (Å²) in [5.74, 6) is 0.608. The molecule has 1 aromatic heterocycles. The fraction of sp³-hybridized carbons (Fsp3) is 0.568. The number of hydrogen-bond donors (Lipinski definition) is 1. The van der Waals surface area contributed by atoms with Crippen LogP contribution in [0.5, 0.6) is 5.75 Å². The summed E-state index contributed by atoms with van der Waals surface area (Å²) in [5, 5.41) is 1.05. The Morgan fingerprint density at radius 2 is 1.71 bits per heavy atom. The number of likely N-dealkylation sites (N-methyl/N-ethyl adjacent to an activating group) is 1. The minimum atomic E-state index is -4.04. The molecular weight excluding hydrogens is 627 g/mol. The number of ether oxygens (including phenoxy) is 1. The summed E-state index contributed by atoms with van der Waals surface area (Å²) in [5.41, 5.74) is 4.93. The number of carbonyl (C=O) groups excluding carboxylic acids is 2. The predicted octanol–water partition coefficient (Wildman–Crippen LogP) is 5.18. The highest BCUT2D eigenvalue weighted by Gasteiger charge is 2.68. The summed E-state index contributed by atoms with van der Waals surface area (Å²) in [7, 11) is 1.26. The largest absolute Gasteiger partial charge is 0.497 e. The Hall–Kier alpha value is -3.41. The lowest BCUT2D eigenvalue weighted by atomic mass is 9.80. The van der Waals surface area contributed by atoms with Gasteiger partial charge in [-0.2, -0.15) is 12.7 Å². The molecule has 5 aliphatic rings. The van der Waals surface area contributed by atoms with Gasteiger partial charge in [0, 0.05) is 60.7 Å². The van der Waals surface area contributed by atoms with Gasteiger partial charge in [0.05, 0.1) is 18.3 Å². The van der Waals surface area contributed by atoms with E-state index in [9.17, 15) is 13.2 Å². The molecule has 0 radical (unpaired) electrons. The Kier molecular flexibility index (Phi) is 7.50. The Labute approximate surface area is 283 Å². The molecule has 48 heavy (non-hydrogen) atoms. The SMILES string of the molecule is COc1ccc2c(c1)C1CC1(C(=O)N1C3CCC1CN(C)C3)n1c-2c(C2CCCCC2)c2ccc(C(=O)NS(=O)(=O)N(C)C(C)C)cc21. The van der Waals surface area contributed by atoms with Crippen molar-refractivity contribution in [3.8, 4) is 17.0 Å². The van der Waals surface area contributed by atoms with Crippen LogP contribution in [0.15, 0.2) is 36.4 Å². The maximum absolute atomic E-state index is 15.3. The van der Waals surface area contributed by atoms with Crippen LogP contribution >= 0.6 is 0 Å².